The molecule has 0 amide bonds. The van der Waals surface area contributed by atoms with Crippen molar-refractivity contribution in [3.8, 4) is 0 Å². The Morgan fingerprint density at radius 1 is 0.815 bits per heavy atom. The monoisotopic (exact) mass is 440 g/mol. The lowest BCUT2D eigenvalue weighted by molar-refractivity contribution is -0.382. The van der Waals surface area contributed by atoms with Crippen LogP contribution in [0, 0.1) is 0 Å². The second kappa shape index (κ2) is 9.85. The molecule has 0 aliphatic heterocycles. The van der Waals surface area contributed by atoms with E-state index in [2.05, 4.69) is 0 Å². The topological polar surface area (TPSA) is 49.8 Å². The Balaban J connectivity index is 5.47. The highest BCUT2D eigenvalue weighted by molar-refractivity contribution is 7.90. The molecule has 0 saturated carbocycles. The van der Waals surface area contributed by atoms with Gasteiger partial charge in [0.25, 0.3) is 0 Å². The Kier molecular flexibility index (Phi) is 9.69. The molecule has 0 rings (SSSR count). The first-order valence-corrected chi connectivity index (χ1v) is 8.92. The first-order chi connectivity index (χ1) is 12.1. The van der Waals surface area contributed by atoms with Crippen molar-refractivity contribution in [3.05, 3.63) is 0 Å². The van der Waals surface area contributed by atoms with Crippen molar-refractivity contribution in [2.24, 2.45) is 0 Å². The summed E-state index contributed by atoms with van der Waals surface area (Å²) in [6.07, 6.45) is -7.00. The van der Waals surface area contributed by atoms with Crippen molar-refractivity contribution in [2.75, 3.05) is 39.3 Å². The average Bonchev–Trinajstić information content (AvgIpc) is 2.55. The lowest BCUT2D eigenvalue weighted by Crippen LogP contribution is -2.65. The molecule has 164 valence electrons. The quantitative estimate of drug-likeness (QED) is 0.374. The molecular weight excluding hydrogens is 419 g/mol. The third-order valence-electron chi connectivity index (χ3n) is 3.70. The Morgan fingerprint density at radius 2 is 1.30 bits per heavy atom. The summed E-state index contributed by atoms with van der Waals surface area (Å²) < 4.78 is 128. The SMILES string of the molecule is CCN(CC)CCCN(CCO)[S+]([O-])C(F)(F)C(F)(F)C(F)(F)C(F)(F)F. The van der Waals surface area contributed by atoms with E-state index in [9.17, 15) is 44.1 Å². The largest absolute Gasteiger partial charge is 0.593 e. The van der Waals surface area contributed by atoms with E-state index in [-0.39, 0.29) is 17.3 Å². The highest BCUT2D eigenvalue weighted by atomic mass is 32.2. The van der Waals surface area contributed by atoms with Crippen LogP contribution in [0.15, 0.2) is 0 Å². The van der Waals surface area contributed by atoms with E-state index in [1.54, 1.807) is 18.7 Å². The molecule has 27 heavy (non-hydrogen) atoms. The average molecular weight is 440 g/mol. The van der Waals surface area contributed by atoms with Gasteiger partial charge in [-0.25, -0.2) is 0 Å². The minimum atomic E-state index is -7.11. The third-order valence-corrected chi connectivity index (χ3v) is 5.22. The van der Waals surface area contributed by atoms with Crippen LogP contribution in [0.25, 0.3) is 0 Å². The van der Waals surface area contributed by atoms with Crippen LogP contribution in [0.2, 0.25) is 0 Å². The zero-order valence-corrected chi connectivity index (χ0v) is 15.3. The summed E-state index contributed by atoms with van der Waals surface area (Å²) in [4.78, 5) is 1.78. The summed E-state index contributed by atoms with van der Waals surface area (Å²) in [5.74, 6) is -14.1. The lowest BCUT2D eigenvalue weighted by Gasteiger charge is -2.36. The van der Waals surface area contributed by atoms with Gasteiger partial charge in [0.05, 0.1) is 13.2 Å². The van der Waals surface area contributed by atoms with Crippen LogP contribution in [0.1, 0.15) is 20.3 Å². The molecule has 0 aliphatic carbocycles. The molecular formula is C13H21F9N2O2S. The van der Waals surface area contributed by atoms with Crippen LogP contribution >= 0.6 is 0 Å². The van der Waals surface area contributed by atoms with Crippen molar-refractivity contribution in [3.63, 3.8) is 0 Å². The van der Waals surface area contributed by atoms with Crippen molar-refractivity contribution < 1.29 is 49.2 Å². The maximum absolute atomic E-state index is 13.7. The standard InChI is InChI=1S/C13H21F9N2O2S/c1-3-23(4-2)6-5-7-24(8-9-25)27(26)13(21,22)11(16,17)10(14,15)12(18,19)20/h25H,3-9H2,1-2H3. The van der Waals surface area contributed by atoms with Gasteiger partial charge in [0.2, 0.25) is 0 Å². The molecule has 0 aromatic rings. The third kappa shape index (κ3) is 5.78. The Labute approximate surface area is 153 Å². The zero-order valence-electron chi connectivity index (χ0n) is 14.5. The number of aliphatic hydroxyl groups is 1. The predicted octanol–water partition coefficient (Wildman–Crippen LogP) is 3.10. The normalized spacial score (nSPS) is 15.7. The number of aliphatic hydroxyl groups excluding tert-OH is 1. The van der Waals surface area contributed by atoms with E-state index in [1.807, 2.05) is 0 Å². The molecule has 1 atom stereocenters. The van der Waals surface area contributed by atoms with E-state index in [0.29, 0.717) is 13.1 Å². The summed E-state index contributed by atoms with van der Waals surface area (Å²) in [5, 5.41) is 2.57. The molecule has 0 bridgehead atoms. The van der Waals surface area contributed by atoms with Gasteiger partial charge in [0.15, 0.2) is 0 Å². The summed E-state index contributed by atoms with van der Waals surface area (Å²) in [7, 11) is 0. The molecule has 0 fully saturated rings. The van der Waals surface area contributed by atoms with Gasteiger partial charge in [-0.1, -0.05) is 13.8 Å². The van der Waals surface area contributed by atoms with Crippen LogP contribution in [0.4, 0.5) is 39.5 Å². The van der Waals surface area contributed by atoms with Gasteiger partial charge in [0, 0.05) is 6.54 Å². The number of rotatable bonds is 12. The highest BCUT2D eigenvalue weighted by Crippen LogP contribution is 2.55. The zero-order chi connectivity index (χ0) is 21.7. The van der Waals surface area contributed by atoms with Crippen LogP contribution < -0.4 is 0 Å². The van der Waals surface area contributed by atoms with Crippen LogP contribution in [0.5, 0.6) is 0 Å². The van der Waals surface area contributed by atoms with Gasteiger partial charge in [-0.15, -0.1) is 13.1 Å². The smallest absolute Gasteiger partial charge is 0.497 e. The van der Waals surface area contributed by atoms with Gasteiger partial charge in [-0.2, -0.15) is 30.7 Å². The van der Waals surface area contributed by atoms with Gasteiger partial charge < -0.3 is 14.6 Å². The van der Waals surface area contributed by atoms with Gasteiger partial charge in [-0.3, -0.25) is 0 Å². The molecule has 0 aliphatic rings. The maximum Gasteiger partial charge on any atom is 0.497 e. The van der Waals surface area contributed by atoms with Crippen molar-refractivity contribution in [1.29, 1.82) is 0 Å². The fraction of sp³-hybridized carbons (Fsp3) is 1.00. The second-order valence-electron chi connectivity index (χ2n) is 5.45. The molecule has 0 aromatic carbocycles. The lowest BCUT2D eigenvalue weighted by atomic mass is 10.1. The number of hydrogen-bond donors (Lipinski definition) is 1. The highest BCUT2D eigenvalue weighted by Gasteiger charge is 2.87. The van der Waals surface area contributed by atoms with Crippen LogP contribution in [0.3, 0.4) is 0 Å². The number of nitrogens with zero attached hydrogens (tertiary/aromatic N) is 2. The fourth-order valence-electron chi connectivity index (χ4n) is 2.03. The molecule has 4 nitrogen and oxygen atoms in total. The van der Waals surface area contributed by atoms with Crippen molar-refractivity contribution >= 4 is 11.4 Å². The summed E-state index contributed by atoms with van der Waals surface area (Å²) in [6.45, 7) is 2.45. The first-order valence-electron chi connectivity index (χ1n) is 7.82. The molecule has 0 radical (unpaired) electrons. The van der Waals surface area contributed by atoms with E-state index < -0.39 is 54.3 Å². The van der Waals surface area contributed by atoms with Gasteiger partial charge >= 0.3 is 23.3 Å². The molecule has 1 N–H and O–H groups in total. The second-order valence-corrected chi connectivity index (χ2v) is 6.97. The number of hydrogen-bond acceptors (Lipinski definition) is 4. The molecule has 0 spiro atoms. The minimum absolute atomic E-state index is 0.0231. The van der Waals surface area contributed by atoms with Gasteiger partial charge in [-0.05, 0) is 26.1 Å². The molecule has 0 saturated heterocycles. The fourth-order valence-corrected chi connectivity index (χ4v) is 3.25. The summed E-state index contributed by atoms with van der Waals surface area (Å²) in [5.41, 5.74) is 0. The molecule has 0 aromatic heterocycles. The first kappa shape index (κ1) is 26.6. The Hall–Kier alpha value is -0.440. The van der Waals surface area contributed by atoms with Crippen LogP contribution in [-0.2, 0) is 11.4 Å². The number of alkyl halides is 9. The van der Waals surface area contributed by atoms with E-state index in [4.69, 9.17) is 5.11 Å². The molecule has 0 heterocycles. The summed E-state index contributed by atoms with van der Waals surface area (Å²) in [6, 6.07) is 0. The molecule has 14 heteroatoms. The van der Waals surface area contributed by atoms with Gasteiger partial charge in [0.1, 0.15) is 11.4 Å². The van der Waals surface area contributed by atoms with E-state index in [0.717, 1.165) is 0 Å². The Morgan fingerprint density at radius 3 is 1.67 bits per heavy atom. The van der Waals surface area contributed by atoms with Crippen molar-refractivity contribution in [2.45, 2.75) is 43.5 Å². The van der Waals surface area contributed by atoms with E-state index >= 15 is 0 Å². The molecule has 1 unspecified atom stereocenters. The minimum Gasteiger partial charge on any atom is -0.593 e. The summed E-state index contributed by atoms with van der Waals surface area (Å²) >= 11 is -4.25. The predicted molar refractivity (Wildman–Crippen MR) is 80.1 cm³/mol. The number of halogens is 9. The van der Waals surface area contributed by atoms with E-state index in [1.165, 1.54) is 0 Å². The van der Waals surface area contributed by atoms with Crippen molar-refractivity contribution in [1.82, 2.24) is 9.21 Å². The van der Waals surface area contributed by atoms with Crippen LogP contribution in [-0.4, -0.2) is 81.5 Å². The maximum atomic E-state index is 13.7. The Bertz CT molecular complexity index is 448.